The van der Waals surface area contributed by atoms with Gasteiger partial charge in [-0.1, -0.05) is 12.1 Å². The number of ether oxygens (including phenoxy) is 1. The van der Waals surface area contributed by atoms with Gasteiger partial charge in [0.25, 0.3) is 0 Å². The lowest BCUT2D eigenvalue weighted by atomic mass is 10.1. The second-order valence-corrected chi connectivity index (χ2v) is 6.37. The normalized spacial score (nSPS) is 19.8. The van der Waals surface area contributed by atoms with Crippen molar-refractivity contribution in [2.45, 2.75) is 32.4 Å². The molecule has 1 amide bonds. The first-order chi connectivity index (χ1) is 10.2. The maximum Gasteiger partial charge on any atom is 0.222 e. The quantitative estimate of drug-likeness (QED) is 0.847. The summed E-state index contributed by atoms with van der Waals surface area (Å²) in [5.74, 6) is 3.13. The predicted molar refractivity (Wildman–Crippen MR) is 87.9 cm³/mol. The summed E-state index contributed by atoms with van der Waals surface area (Å²) < 4.78 is 5.42. The van der Waals surface area contributed by atoms with Crippen molar-refractivity contribution in [2.75, 3.05) is 24.7 Å². The zero-order valence-electron chi connectivity index (χ0n) is 12.7. The Kier molecular flexibility index (Phi) is 6.39. The monoisotopic (exact) mass is 308 g/mol. The third kappa shape index (κ3) is 5.25. The Bertz CT molecular complexity index is 444. The van der Waals surface area contributed by atoms with E-state index in [2.05, 4.69) is 10.6 Å². The fourth-order valence-electron chi connectivity index (χ4n) is 2.38. The number of nitrogens with one attached hydrogen (secondary N) is 2. The van der Waals surface area contributed by atoms with Gasteiger partial charge in [0.05, 0.1) is 12.6 Å². The first kappa shape index (κ1) is 16.2. The SMILES string of the molecule is CCOc1ccc(C(C)NC(=O)CC2CSCCN2)cc1. The lowest BCUT2D eigenvalue weighted by Crippen LogP contribution is -2.41. The molecule has 1 aliphatic rings. The average Bonchev–Trinajstić information content (AvgIpc) is 2.49. The molecule has 2 atom stereocenters. The summed E-state index contributed by atoms with van der Waals surface area (Å²) in [5.41, 5.74) is 1.10. The largest absolute Gasteiger partial charge is 0.494 e. The lowest BCUT2D eigenvalue weighted by Gasteiger charge is -2.23. The lowest BCUT2D eigenvalue weighted by molar-refractivity contribution is -0.122. The minimum absolute atomic E-state index is 0.0180. The molecule has 2 rings (SSSR count). The summed E-state index contributed by atoms with van der Waals surface area (Å²) in [4.78, 5) is 12.1. The number of rotatable bonds is 6. The van der Waals surface area contributed by atoms with Gasteiger partial charge in [-0.05, 0) is 31.5 Å². The molecule has 1 fully saturated rings. The molecule has 0 radical (unpaired) electrons. The Morgan fingerprint density at radius 1 is 1.48 bits per heavy atom. The highest BCUT2D eigenvalue weighted by atomic mass is 32.2. The third-order valence-electron chi connectivity index (χ3n) is 3.50. The van der Waals surface area contributed by atoms with E-state index >= 15 is 0 Å². The summed E-state index contributed by atoms with van der Waals surface area (Å²) in [7, 11) is 0. The Morgan fingerprint density at radius 2 is 2.24 bits per heavy atom. The number of amides is 1. The van der Waals surface area contributed by atoms with Crippen LogP contribution in [0.2, 0.25) is 0 Å². The first-order valence-corrected chi connectivity index (χ1v) is 8.67. The highest BCUT2D eigenvalue weighted by molar-refractivity contribution is 7.99. The van der Waals surface area contributed by atoms with Gasteiger partial charge in [0.15, 0.2) is 0 Å². The second-order valence-electron chi connectivity index (χ2n) is 5.22. The molecule has 1 aliphatic heterocycles. The zero-order valence-corrected chi connectivity index (χ0v) is 13.5. The maximum absolute atomic E-state index is 12.1. The van der Waals surface area contributed by atoms with Gasteiger partial charge in [0.2, 0.25) is 5.91 Å². The standard InChI is InChI=1S/C16H24N2O2S/c1-3-20-15-6-4-13(5-7-15)12(2)18-16(19)10-14-11-21-9-8-17-14/h4-7,12,14,17H,3,8-11H2,1-2H3,(H,18,19). The molecular weight excluding hydrogens is 284 g/mol. The number of carbonyl (C=O) groups is 1. The molecule has 2 N–H and O–H groups in total. The van der Waals surface area contributed by atoms with Crippen molar-refractivity contribution in [3.63, 3.8) is 0 Å². The molecule has 0 aliphatic carbocycles. The van der Waals surface area contributed by atoms with E-state index in [4.69, 9.17) is 4.74 Å². The minimum Gasteiger partial charge on any atom is -0.494 e. The molecule has 1 aromatic rings. The minimum atomic E-state index is 0.0180. The van der Waals surface area contributed by atoms with Crippen LogP contribution in [0.15, 0.2) is 24.3 Å². The molecular formula is C16H24N2O2S. The highest BCUT2D eigenvalue weighted by Crippen LogP contribution is 2.18. The molecule has 21 heavy (non-hydrogen) atoms. The van der Waals surface area contributed by atoms with E-state index in [-0.39, 0.29) is 11.9 Å². The molecule has 2 unspecified atom stereocenters. The first-order valence-electron chi connectivity index (χ1n) is 7.52. The van der Waals surface area contributed by atoms with E-state index in [1.165, 1.54) is 0 Å². The molecule has 0 spiro atoms. The fraction of sp³-hybridized carbons (Fsp3) is 0.562. The Labute approximate surface area is 131 Å². The van der Waals surface area contributed by atoms with E-state index in [0.717, 1.165) is 29.4 Å². The van der Waals surface area contributed by atoms with Crippen LogP contribution in [0.25, 0.3) is 0 Å². The molecule has 0 bridgehead atoms. The molecule has 116 valence electrons. The van der Waals surface area contributed by atoms with Crippen LogP contribution in [-0.2, 0) is 4.79 Å². The number of hydrogen-bond donors (Lipinski definition) is 2. The van der Waals surface area contributed by atoms with Gasteiger partial charge in [0, 0.05) is 30.5 Å². The Hall–Kier alpha value is -1.20. The second kappa shape index (κ2) is 8.29. The fourth-order valence-corrected chi connectivity index (χ4v) is 3.33. The van der Waals surface area contributed by atoms with Crippen LogP contribution in [0.1, 0.15) is 31.9 Å². The summed E-state index contributed by atoms with van der Waals surface area (Å²) in [5, 5.41) is 6.45. The average molecular weight is 308 g/mol. The Morgan fingerprint density at radius 3 is 2.86 bits per heavy atom. The van der Waals surface area contributed by atoms with Crippen LogP contribution in [0, 0.1) is 0 Å². The van der Waals surface area contributed by atoms with Crippen LogP contribution >= 0.6 is 11.8 Å². The van der Waals surface area contributed by atoms with Gasteiger partial charge in [-0.25, -0.2) is 0 Å². The van der Waals surface area contributed by atoms with Crippen LogP contribution in [0.3, 0.4) is 0 Å². The van der Waals surface area contributed by atoms with Gasteiger partial charge in [0.1, 0.15) is 5.75 Å². The van der Waals surface area contributed by atoms with Crippen molar-refractivity contribution in [1.29, 1.82) is 0 Å². The van der Waals surface area contributed by atoms with Crippen molar-refractivity contribution in [1.82, 2.24) is 10.6 Å². The van der Waals surface area contributed by atoms with Crippen LogP contribution < -0.4 is 15.4 Å². The number of hydrogen-bond acceptors (Lipinski definition) is 4. The van der Waals surface area contributed by atoms with Crippen molar-refractivity contribution < 1.29 is 9.53 Å². The molecule has 5 heteroatoms. The third-order valence-corrected chi connectivity index (χ3v) is 4.63. The molecule has 1 saturated heterocycles. The number of carbonyl (C=O) groups excluding carboxylic acids is 1. The van der Waals surface area contributed by atoms with E-state index in [1.807, 2.05) is 49.9 Å². The van der Waals surface area contributed by atoms with Gasteiger partial charge >= 0.3 is 0 Å². The summed E-state index contributed by atoms with van der Waals surface area (Å²) in [6.07, 6.45) is 0.550. The van der Waals surface area contributed by atoms with Crippen molar-refractivity contribution in [3.8, 4) is 5.75 Å². The summed E-state index contributed by atoms with van der Waals surface area (Å²) >= 11 is 1.91. The maximum atomic E-state index is 12.1. The van der Waals surface area contributed by atoms with Crippen LogP contribution in [0.4, 0.5) is 0 Å². The van der Waals surface area contributed by atoms with E-state index in [1.54, 1.807) is 0 Å². The number of benzene rings is 1. The van der Waals surface area contributed by atoms with E-state index in [9.17, 15) is 4.79 Å². The van der Waals surface area contributed by atoms with E-state index < -0.39 is 0 Å². The smallest absolute Gasteiger partial charge is 0.222 e. The zero-order chi connectivity index (χ0) is 15.1. The van der Waals surface area contributed by atoms with Crippen molar-refractivity contribution >= 4 is 17.7 Å². The van der Waals surface area contributed by atoms with Crippen molar-refractivity contribution in [2.24, 2.45) is 0 Å². The van der Waals surface area contributed by atoms with Gasteiger partial charge in [-0.15, -0.1) is 0 Å². The van der Waals surface area contributed by atoms with Gasteiger partial charge < -0.3 is 15.4 Å². The predicted octanol–water partition coefficient (Wildman–Crippen LogP) is 2.36. The molecule has 1 aromatic carbocycles. The molecule has 0 aromatic heterocycles. The summed E-state index contributed by atoms with van der Waals surface area (Å²) in [6, 6.07) is 8.22. The highest BCUT2D eigenvalue weighted by Gasteiger charge is 2.18. The topological polar surface area (TPSA) is 50.4 Å². The van der Waals surface area contributed by atoms with Gasteiger partial charge in [-0.3, -0.25) is 4.79 Å². The van der Waals surface area contributed by atoms with E-state index in [0.29, 0.717) is 19.1 Å². The van der Waals surface area contributed by atoms with Gasteiger partial charge in [-0.2, -0.15) is 11.8 Å². The van der Waals surface area contributed by atoms with Crippen LogP contribution in [0.5, 0.6) is 5.75 Å². The Balaban J connectivity index is 1.82. The molecule has 1 heterocycles. The van der Waals surface area contributed by atoms with Crippen molar-refractivity contribution in [3.05, 3.63) is 29.8 Å². The summed E-state index contributed by atoms with van der Waals surface area (Å²) in [6.45, 7) is 5.64. The van der Waals surface area contributed by atoms with Crippen LogP contribution in [-0.4, -0.2) is 36.6 Å². The molecule has 0 saturated carbocycles. The molecule has 4 nitrogen and oxygen atoms in total. The number of thioether (sulfide) groups is 1.